The molecule has 4 rings (SSSR count). The van der Waals surface area contributed by atoms with Gasteiger partial charge in [0, 0.05) is 33.3 Å². The molecule has 3 fully saturated rings. The zero-order chi connectivity index (χ0) is 25.1. The smallest absolute Gasteiger partial charge is 0.235 e. The Morgan fingerprint density at radius 2 is 1.71 bits per heavy atom. The third-order valence-electron chi connectivity index (χ3n) is 6.69. The fourth-order valence-corrected chi connectivity index (χ4v) is 4.84. The van der Waals surface area contributed by atoms with Crippen LogP contribution in [0.3, 0.4) is 0 Å². The summed E-state index contributed by atoms with van der Waals surface area (Å²) in [6.07, 6.45) is 6.55. The van der Waals surface area contributed by atoms with E-state index in [0.29, 0.717) is 13.0 Å². The molecular formula is C26H46N2O6. The average Bonchev–Trinajstić information content (AvgIpc) is 3.61. The lowest BCUT2D eigenvalue weighted by Crippen LogP contribution is -2.38. The standard InChI is InChI=1S/C17H27NO4.C7H13NO2.C2H6/c1-4-5-10-21-17(2,3)8-9-18-15(19)13-11-6-7-12(22-11)14(13)16(18)20;1-9-5-2-3-7-8-4-6-10-7;1-2/h11-14H,4-10H2,1-3H3;2-6H2,1H3;1-2H3. The molecule has 4 aliphatic heterocycles. The lowest BCUT2D eigenvalue weighted by Gasteiger charge is -2.28. The average molecular weight is 483 g/mol. The number of ether oxygens (including phenoxy) is 4. The minimum atomic E-state index is -0.303. The molecule has 8 heteroatoms. The number of hydrogen-bond acceptors (Lipinski definition) is 7. The highest BCUT2D eigenvalue weighted by Gasteiger charge is 2.62. The number of carbonyl (C=O) groups excluding carboxylic acids is 2. The van der Waals surface area contributed by atoms with Gasteiger partial charge in [0.05, 0.1) is 36.2 Å². The van der Waals surface area contributed by atoms with E-state index in [9.17, 15) is 9.59 Å². The van der Waals surface area contributed by atoms with Crippen molar-refractivity contribution in [3.05, 3.63) is 0 Å². The molecule has 0 spiro atoms. The fourth-order valence-electron chi connectivity index (χ4n) is 4.84. The van der Waals surface area contributed by atoms with Crippen molar-refractivity contribution in [1.82, 2.24) is 4.90 Å². The maximum Gasteiger partial charge on any atom is 0.235 e. The van der Waals surface area contributed by atoms with Crippen LogP contribution in [0.1, 0.15) is 79.6 Å². The molecule has 4 aliphatic rings. The highest BCUT2D eigenvalue weighted by Crippen LogP contribution is 2.48. The van der Waals surface area contributed by atoms with Gasteiger partial charge in [0.2, 0.25) is 11.8 Å². The Kier molecular flexibility index (Phi) is 12.0. The van der Waals surface area contributed by atoms with E-state index in [2.05, 4.69) is 11.9 Å². The summed E-state index contributed by atoms with van der Waals surface area (Å²) in [6, 6.07) is 0. The van der Waals surface area contributed by atoms with Crippen LogP contribution >= 0.6 is 0 Å². The Labute approximate surface area is 205 Å². The second-order valence-corrected chi connectivity index (χ2v) is 9.60. The summed E-state index contributed by atoms with van der Waals surface area (Å²) in [5.74, 6) is 0.431. The summed E-state index contributed by atoms with van der Waals surface area (Å²) < 4.78 is 21.7. The van der Waals surface area contributed by atoms with Gasteiger partial charge in [-0.2, -0.15) is 0 Å². The highest BCUT2D eigenvalue weighted by atomic mass is 16.5. The molecule has 4 heterocycles. The molecule has 4 atom stereocenters. The number of likely N-dealkylation sites (tertiary alicyclic amines) is 1. The molecule has 0 aliphatic carbocycles. The van der Waals surface area contributed by atoms with Crippen LogP contribution < -0.4 is 0 Å². The molecule has 196 valence electrons. The first-order valence-electron chi connectivity index (χ1n) is 13.2. The molecule has 34 heavy (non-hydrogen) atoms. The predicted molar refractivity (Wildman–Crippen MR) is 132 cm³/mol. The number of carbonyl (C=O) groups is 2. The van der Waals surface area contributed by atoms with Crippen LogP contribution in [0.15, 0.2) is 4.99 Å². The Balaban J connectivity index is 0.000000286. The van der Waals surface area contributed by atoms with Crippen LogP contribution in [-0.4, -0.2) is 80.4 Å². The summed E-state index contributed by atoms with van der Waals surface area (Å²) in [7, 11) is 1.71. The summed E-state index contributed by atoms with van der Waals surface area (Å²) in [4.78, 5) is 30.7. The first-order valence-corrected chi connectivity index (χ1v) is 13.2. The summed E-state index contributed by atoms with van der Waals surface area (Å²) in [6.45, 7) is 13.8. The van der Waals surface area contributed by atoms with Crippen molar-refractivity contribution in [2.45, 2.75) is 97.4 Å². The number of nitrogens with zero attached hydrogens (tertiary/aromatic N) is 2. The first-order chi connectivity index (χ1) is 16.4. The number of hydrogen-bond donors (Lipinski definition) is 0. The largest absolute Gasteiger partial charge is 0.479 e. The van der Waals surface area contributed by atoms with Crippen molar-refractivity contribution in [2.75, 3.05) is 40.0 Å². The highest BCUT2D eigenvalue weighted by molar-refractivity contribution is 6.06. The summed E-state index contributed by atoms with van der Waals surface area (Å²) in [5, 5.41) is 0. The third kappa shape index (κ3) is 7.49. The van der Waals surface area contributed by atoms with Crippen molar-refractivity contribution in [1.29, 1.82) is 0 Å². The van der Waals surface area contributed by atoms with Crippen molar-refractivity contribution in [3.63, 3.8) is 0 Å². The summed E-state index contributed by atoms with van der Waals surface area (Å²) in [5.41, 5.74) is -0.303. The molecule has 0 aromatic heterocycles. The zero-order valence-electron chi connectivity index (χ0n) is 22.1. The fraction of sp³-hybridized carbons (Fsp3) is 0.885. The molecule has 0 saturated carbocycles. The van der Waals surface area contributed by atoms with Gasteiger partial charge in [-0.3, -0.25) is 19.5 Å². The quantitative estimate of drug-likeness (QED) is 0.327. The minimum absolute atomic E-state index is 0.0217. The van der Waals surface area contributed by atoms with E-state index in [1.54, 1.807) is 7.11 Å². The Bertz CT molecular complexity index is 652. The monoisotopic (exact) mass is 482 g/mol. The van der Waals surface area contributed by atoms with Crippen molar-refractivity contribution in [3.8, 4) is 0 Å². The van der Waals surface area contributed by atoms with Crippen molar-refractivity contribution >= 4 is 17.7 Å². The van der Waals surface area contributed by atoms with Crippen LogP contribution in [0.5, 0.6) is 0 Å². The van der Waals surface area contributed by atoms with Gasteiger partial charge < -0.3 is 18.9 Å². The summed E-state index contributed by atoms with van der Waals surface area (Å²) >= 11 is 0. The van der Waals surface area contributed by atoms with Gasteiger partial charge in [-0.1, -0.05) is 27.2 Å². The SMILES string of the molecule is CC.CCCCOC(C)(C)CCN1C(=O)C2C3CCC(O3)C2C1=O.COCCCC1=NCCO1. The van der Waals surface area contributed by atoms with Crippen LogP contribution in [0.25, 0.3) is 0 Å². The second kappa shape index (κ2) is 14.1. The zero-order valence-corrected chi connectivity index (χ0v) is 22.1. The molecular weight excluding hydrogens is 436 g/mol. The van der Waals surface area contributed by atoms with Gasteiger partial charge in [0.25, 0.3) is 0 Å². The van der Waals surface area contributed by atoms with E-state index in [-0.39, 0.29) is 41.5 Å². The van der Waals surface area contributed by atoms with E-state index in [0.717, 1.165) is 70.8 Å². The number of fused-ring (bicyclic) bond motifs is 5. The van der Waals surface area contributed by atoms with E-state index in [4.69, 9.17) is 18.9 Å². The maximum atomic E-state index is 12.5. The molecule has 0 aromatic carbocycles. The van der Waals surface area contributed by atoms with E-state index < -0.39 is 0 Å². The number of amides is 2. The Morgan fingerprint density at radius 3 is 2.24 bits per heavy atom. The second-order valence-electron chi connectivity index (χ2n) is 9.60. The van der Waals surface area contributed by atoms with E-state index >= 15 is 0 Å². The van der Waals surface area contributed by atoms with E-state index in [1.165, 1.54) is 4.90 Å². The van der Waals surface area contributed by atoms with Gasteiger partial charge in [0.1, 0.15) is 6.61 Å². The van der Waals surface area contributed by atoms with Crippen LogP contribution in [-0.2, 0) is 28.5 Å². The third-order valence-corrected chi connectivity index (χ3v) is 6.69. The van der Waals surface area contributed by atoms with E-state index in [1.807, 2.05) is 27.7 Å². The minimum Gasteiger partial charge on any atom is -0.479 e. The van der Waals surface area contributed by atoms with Crippen LogP contribution in [0.4, 0.5) is 0 Å². The number of imide groups is 1. The van der Waals surface area contributed by atoms with Crippen LogP contribution in [0.2, 0.25) is 0 Å². The molecule has 3 saturated heterocycles. The lowest BCUT2D eigenvalue weighted by atomic mass is 9.81. The number of aliphatic imine (C=N–C) groups is 1. The Morgan fingerprint density at radius 1 is 1.06 bits per heavy atom. The van der Waals surface area contributed by atoms with Crippen molar-refractivity contribution in [2.24, 2.45) is 16.8 Å². The molecule has 2 amide bonds. The van der Waals surface area contributed by atoms with Crippen molar-refractivity contribution < 1.29 is 28.5 Å². The Hall–Kier alpha value is -1.51. The molecule has 0 radical (unpaired) electrons. The maximum absolute atomic E-state index is 12.5. The number of methoxy groups -OCH3 is 1. The normalized spacial score (nSPS) is 27.0. The molecule has 8 nitrogen and oxygen atoms in total. The van der Waals surface area contributed by atoms with Crippen LogP contribution in [0, 0.1) is 11.8 Å². The van der Waals surface area contributed by atoms with Gasteiger partial charge in [-0.25, -0.2) is 0 Å². The molecule has 4 unspecified atom stereocenters. The number of unbranched alkanes of at least 4 members (excludes halogenated alkanes) is 1. The molecule has 0 aromatic rings. The topological polar surface area (TPSA) is 86.7 Å². The van der Waals surface area contributed by atoms with Gasteiger partial charge in [-0.05, 0) is 46.0 Å². The predicted octanol–water partition coefficient (Wildman–Crippen LogP) is 4.00. The van der Waals surface area contributed by atoms with Gasteiger partial charge in [-0.15, -0.1) is 0 Å². The van der Waals surface area contributed by atoms with Gasteiger partial charge >= 0.3 is 0 Å². The first kappa shape index (κ1) is 28.7. The lowest BCUT2D eigenvalue weighted by molar-refractivity contribution is -0.143. The molecule has 2 bridgehead atoms. The number of rotatable bonds is 11. The van der Waals surface area contributed by atoms with Gasteiger partial charge in [0.15, 0.2) is 5.90 Å². The molecule has 0 N–H and O–H groups in total.